The van der Waals surface area contributed by atoms with E-state index in [1.165, 1.54) is 14.1 Å². The average molecular weight is 281 g/mol. The van der Waals surface area contributed by atoms with Crippen LogP contribution in [0.25, 0.3) is 0 Å². The first kappa shape index (κ1) is 14.7. The molecule has 1 unspecified atom stereocenters. The minimum Gasteiger partial charge on any atom is -0.345 e. The lowest BCUT2D eigenvalue weighted by molar-refractivity contribution is -0.137. The quantitative estimate of drug-likeness (QED) is 0.843. The molecule has 0 aromatic heterocycles. The molecular formula is C10H10F3NO3S. The fourth-order valence-electron chi connectivity index (χ4n) is 1.25. The van der Waals surface area contributed by atoms with Crippen LogP contribution in [0.4, 0.5) is 13.2 Å². The van der Waals surface area contributed by atoms with E-state index in [0.717, 1.165) is 11.0 Å². The number of hydrogen-bond acceptors (Lipinski definition) is 2. The molecule has 0 fully saturated rings. The molecule has 0 radical (unpaired) electrons. The topological polar surface area (TPSA) is 57.6 Å². The molecule has 4 nitrogen and oxygen atoms in total. The fraction of sp³-hybridized carbons (Fsp3) is 0.300. The highest BCUT2D eigenvalue weighted by Gasteiger charge is 2.32. The number of halogens is 3. The van der Waals surface area contributed by atoms with Gasteiger partial charge < -0.3 is 9.45 Å². The molecule has 1 rings (SSSR count). The second-order valence-corrected chi connectivity index (χ2v) is 4.66. The highest BCUT2D eigenvalue weighted by atomic mass is 32.2. The lowest BCUT2D eigenvalue weighted by Crippen LogP contribution is -2.22. The van der Waals surface area contributed by atoms with Crippen molar-refractivity contribution in [3.05, 3.63) is 29.3 Å². The van der Waals surface area contributed by atoms with Crippen molar-refractivity contribution in [3.63, 3.8) is 0 Å². The Morgan fingerprint density at radius 3 is 2.22 bits per heavy atom. The molecule has 18 heavy (non-hydrogen) atoms. The largest absolute Gasteiger partial charge is 0.416 e. The van der Waals surface area contributed by atoms with Crippen LogP contribution in [-0.4, -0.2) is 33.7 Å². The van der Waals surface area contributed by atoms with Gasteiger partial charge in [0.15, 0.2) is 11.1 Å². The van der Waals surface area contributed by atoms with Gasteiger partial charge >= 0.3 is 6.18 Å². The summed E-state index contributed by atoms with van der Waals surface area (Å²) in [6, 6.07) is 2.16. The molecule has 1 N–H and O–H groups in total. The number of carbonyl (C=O) groups excluding carboxylic acids is 1. The van der Waals surface area contributed by atoms with Crippen LogP contribution in [0, 0.1) is 0 Å². The molecular weight excluding hydrogens is 271 g/mol. The Hall–Kier alpha value is -1.41. The van der Waals surface area contributed by atoms with E-state index in [9.17, 15) is 22.2 Å². The summed E-state index contributed by atoms with van der Waals surface area (Å²) in [5.74, 6) is -0.673. The van der Waals surface area contributed by atoms with E-state index < -0.39 is 33.6 Å². The monoisotopic (exact) mass is 281 g/mol. The molecule has 0 spiro atoms. The van der Waals surface area contributed by atoms with Crippen LogP contribution in [0.15, 0.2) is 23.1 Å². The predicted molar refractivity (Wildman–Crippen MR) is 58.5 cm³/mol. The Labute approximate surface area is 104 Å². The van der Waals surface area contributed by atoms with Gasteiger partial charge in [-0.25, -0.2) is 4.21 Å². The zero-order chi connectivity index (χ0) is 14.1. The Bertz CT molecular complexity index is 500. The molecule has 1 aromatic rings. The van der Waals surface area contributed by atoms with Gasteiger partial charge in [0.05, 0.1) is 10.5 Å². The Morgan fingerprint density at radius 2 is 1.83 bits per heavy atom. The summed E-state index contributed by atoms with van der Waals surface area (Å²) in [6.07, 6.45) is -4.68. The smallest absolute Gasteiger partial charge is 0.345 e. The van der Waals surface area contributed by atoms with Crippen molar-refractivity contribution in [1.82, 2.24) is 4.90 Å². The number of rotatable bonds is 2. The summed E-state index contributed by atoms with van der Waals surface area (Å²) < 4.78 is 57.4. The fourth-order valence-corrected chi connectivity index (χ4v) is 1.70. The van der Waals surface area contributed by atoms with Crippen LogP contribution in [0.2, 0.25) is 0 Å². The summed E-state index contributed by atoms with van der Waals surface area (Å²) in [5.41, 5.74) is -1.42. The van der Waals surface area contributed by atoms with Crippen molar-refractivity contribution in [2.45, 2.75) is 11.1 Å². The van der Waals surface area contributed by atoms with Crippen LogP contribution < -0.4 is 0 Å². The minimum atomic E-state index is -4.68. The van der Waals surface area contributed by atoms with Gasteiger partial charge in [0.25, 0.3) is 5.91 Å². The van der Waals surface area contributed by atoms with Crippen LogP contribution in [0.3, 0.4) is 0 Å². The number of carbonyl (C=O) groups is 1. The normalized spacial score (nSPS) is 13.2. The van der Waals surface area contributed by atoms with Crippen LogP contribution in [0.5, 0.6) is 0 Å². The first-order chi connectivity index (χ1) is 8.12. The summed E-state index contributed by atoms with van der Waals surface area (Å²) in [6.45, 7) is 0. The van der Waals surface area contributed by atoms with Gasteiger partial charge in [0.2, 0.25) is 0 Å². The van der Waals surface area contributed by atoms with Crippen molar-refractivity contribution < 1.29 is 26.7 Å². The van der Waals surface area contributed by atoms with E-state index in [2.05, 4.69) is 0 Å². The zero-order valence-corrected chi connectivity index (χ0v) is 10.3. The second kappa shape index (κ2) is 5.07. The van der Waals surface area contributed by atoms with Gasteiger partial charge in [-0.2, -0.15) is 13.2 Å². The summed E-state index contributed by atoms with van der Waals surface area (Å²) in [7, 11) is 2.75. The van der Waals surface area contributed by atoms with Crippen molar-refractivity contribution in [3.8, 4) is 0 Å². The van der Waals surface area contributed by atoms with Gasteiger partial charge in [0, 0.05) is 19.7 Å². The second-order valence-electron chi connectivity index (χ2n) is 3.69. The van der Waals surface area contributed by atoms with Crippen LogP contribution in [0.1, 0.15) is 15.9 Å². The van der Waals surface area contributed by atoms with Crippen LogP contribution in [-0.2, 0) is 17.3 Å². The Kier molecular flexibility index (Phi) is 4.12. The lowest BCUT2D eigenvalue weighted by atomic mass is 10.1. The number of benzene rings is 1. The average Bonchev–Trinajstić information content (AvgIpc) is 2.26. The molecule has 0 saturated carbocycles. The summed E-state index contributed by atoms with van der Waals surface area (Å²) in [5, 5.41) is 0. The third-order valence-electron chi connectivity index (χ3n) is 2.09. The third-order valence-corrected chi connectivity index (χ3v) is 2.73. The molecule has 0 aliphatic heterocycles. The maximum absolute atomic E-state index is 12.6. The van der Waals surface area contributed by atoms with Crippen molar-refractivity contribution in [2.75, 3.05) is 14.1 Å². The molecule has 100 valence electrons. The van der Waals surface area contributed by atoms with Crippen molar-refractivity contribution in [1.29, 1.82) is 0 Å². The number of hydrogen-bond donors (Lipinski definition) is 1. The van der Waals surface area contributed by atoms with Gasteiger partial charge in [-0.05, 0) is 18.2 Å². The molecule has 8 heteroatoms. The van der Waals surface area contributed by atoms with Crippen molar-refractivity contribution in [2.24, 2.45) is 0 Å². The molecule has 1 atom stereocenters. The molecule has 1 amide bonds. The van der Waals surface area contributed by atoms with Gasteiger partial charge in [-0.3, -0.25) is 4.79 Å². The van der Waals surface area contributed by atoms with E-state index in [4.69, 9.17) is 4.55 Å². The van der Waals surface area contributed by atoms with Crippen LogP contribution >= 0.6 is 0 Å². The molecule has 0 saturated heterocycles. The van der Waals surface area contributed by atoms with E-state index in [0.29, 0.717) is 12.1 Å². The number of nitrogens with zero attached hydrogens (tertiary/aromatic N) is 1. The Morgan fingerprint density at radius 1 is 1.28 bits per heavy atom. The zero-order valence-electron chi connectivity index (χ0n) is 9.49. The molecule has 0 aliphatic rings. The van der Waals surface area contributed by atoms with E-state index in [1.807, 2.05) is 0 Å². The highest BCUT2D eigenvalue weighted by molar-refractivity contribution is 7.79. The minimum absolute atomic E-state index is 0.285. The van der Waals surface area contributed by atoms with E-state index in [1.54, 1.807) is 0 Å². The Balaban J connectivity index is 3.41. The maximum Gasteiger partial charge on any atom is 0.416 e. The molecule has 0 bridgehead atoms. The third kappa shape index (κ3) is 3.30. The maximum atomic E-state index is 12.6. The van der Waals surface area contributed by atoms with Crippen molar-refractivity contribution >= 4 is 17.0 Å². The molecule has 1 aromatic carbocycles. The van der Waals surface area contributed by atoms with Gasteiger partial charge in [-0.1, -0.05) is 0 Å². The number of alkyl halides is 3. The molecule has 0 heterocycles. The standard InChI is InChI=1S/C10H10F3NO3S/c1-14(2)9(15)6-3-7(10(11,12)13)5-8(4-6)18(16)17/h3-5H,1-2H3,(H,16,17). The highest BCUT2D eigenvalue weighted by Crippen LogP contribution is 2.31. The van der Waals surface area contributed by atoms with E-state index >= 15 is 0 Å². The first-order valence-electron chi connectivity index (χ1n) is 4.67. The van der Waals surface area contributed by atoms with Gasteiger partial charge in [0.1, 0.15) is 0 Å². The summed E-state index contributed by atoms with van der Waals surface area (Å²) >= 11 is -2.58. The summed E-state index contributed by atoms with van der Waals surface area (Å²) in [4.78, 5) is 12.2. The first-order valence-corrected chi connectivity index (χ1v) is 5.78. The van der Waals surface area contributed by atoms with E-state index in [-0.39, 0.29) is 5.56 Å². The van der Waals surface area contributed by atoms with Gasteiger partial charge in [-0.15, -0.1) is 0 Å². The predicted octanol–water partition coefficient (Wildman–Crippen LogP) is 1.99. The SMILES string of the molecule is CN(C)C(=O)c1cc(S(=O)O)cc(C(F)(F)F)c1. The molecule has 0 aliphatic carbocycles. The number of amides is 1. The lowest BCUT2D eigenvalue weighted by Gasteiger charge is -2.13.